The van der Waals surface area contributed by atoms with Crippen molar-refractivity contribution < 1.29 is 9.59 Å². The van der Waals surface area contributed by atoms with E-state index in [1.54, 1.807) is 4.90 Å². The van der Waals surface area contributed by atoms with E-state index in [1.165, 1.54) is 5.56 Å². The highest BCUT2D eigenvalue weighted by atomic mass is 16.2. The standard InChI is InChI=1S/C26H35N5O2/c32-25(23-11-14-31(15-12-23)26(33)28-24-9-5-2-6-10-24)27-13-16-29-17-19-30(20-18-29)21-22-7-3-1-4-8-22/h1-10,23H,11-21H2,(H,27,32)(H,28,33). The Hall–Kier alpha value is -2.90. The molecule has 2 aromatic carbocycles. The van der Waals surface area contributed by atoms with Crippen molar-refractivity contribution in [1.29, 1.82) is 0 Å². The Morgan fingerprint density at radius 2 is 1.39 bits per heavy atom. The summed E-state index contributed by atoms with van der Waals surface area (Å²) in [4.78, 5) is 31.7. The van der Waals surface area contributed by atoms with Crippen molar-refractivity contribution in [2.45, 2.75) is 19.4 Å². The number of urea groups is 1. The van der Waals surface area contributed by atoms with Gasteiger partial charge in [-0.2, -0.15) is 0 Å². The molecule has 0 spiro atoms. The van der Waals surface area contributed by atoms with E-state index < -0.39 is 0 Å². The summed E-state index contributed by atoms with van der Waals surface area (Å²) in [7, 11) is 0. The van der Waals surface area contributed by atoms with Gasteiger partial charge in [0.05, 0.1) is 0 Å². The van der Waals surface area contributed by atoms with Crippen molar-refractivity contribution in [2.24, 2.45) is 5.92 Å². The number of nitrogens with one attached hydrogen (secondary N) is 2. The molecule has 33 heavy (non-hydrogen) atoms. The number of rotatable bonds is 7. The van der Waals surface area contributed by atoms with Gasteiger partial charge in [-0.05, 0) is 30.5 Å². The number of piperidine rings is 1. The van der Waals surface area contributed by atoms with Crippen LogP contribution in [0.15, 0.2) is 60.7 Å². The number of anilines is 1. The van der Waals surface area contributed by atoms with E-state index >= 15 is 0 Å². The molecule has 2 saturated heterocycles. The van der Waals surface area contributed by atoms with Gasteiger partial charge in [0.2, 0.25) is 5.91 Å². The molecule has 0 radical (unpaired) electrons. The number of nitrogens with zero attached hydrogens (tertiary/aromatic N) is 3. The van der Waals surface area contributed by atoms with Gasteiger partial charge in [-0.15, -0.1) is 0 Å². The maximum absolute atomic E-state index is 12.6. The monoisotopic (exact) mass is 449 g/mol. The van der Waals surface area contributed by atoms with Crippen LogP contribution in [-0.2, 0) is 11.3 Å². The highest BCUT2D eigenvalue weighted by Crippen LogP contribution is 2.18. The number of carbonyl (C=O) groups excluding carboxylic acids is 2. The van der Waals surface area contributed by atoms with Crippen LogP contribution in [-0.4, -0.2) is 79.0 Å². The number of amides is 3. The van der Waals surface area contributed by atoms with Crippen LogP contribution in [0.1, 0.15) is 18.4 Å². The molecule has 176 valence electrons. The van der Waals surface area contributed by atoms with E-state index in [-0.39, 0.29) is 17.9 Å². The number of likely N-dealkylation sites (tertiary alicyclic amines) is 1. The molecular weight excluding hydrogens is 414 g/mol. The molecule has 2 heterocycles. The Morgan fingerprint density at radius 1 is 0.788 bits per heavy atom. The van der Waals surface area contributed by atoms with Gasteiger partial charge in [-0.3, -0.25) is 14.6 Å². The molecule has 0 aliphatic carbocycles. The van der Waals surface area contributed by atoms with Gasteiger partial charge in [-0.25, -0.2) is 4.79 Å². The molecule has 0 atom stereocenters. The highest BCUT2D eigenvalue weighted by molar-refractivity contribution is 5.89. The molecule has 7 heteroatoms. The third kappa shape index (κ3) is 7.04. The summed E-state index contributed by atoms with van der Waals surface area (Å²) in [6.45, 7) is 8.01. The second-order valence-corrected chi connectivity index (χ2v) is 8.95. The van der Waals surface area contributed by atoms with Crippen molar-refractivity contribution >= 4 is 17.6 Å². The SMILES string of the molecule is O=C(NCCN1CCN(Cc2ccccc2)CC1)C1CCN(C(=O)Nc2ccccc2)CC1. The zero-order chi connectivity index (χ0) is 22.9. The fourth-order valence-corrected chi connectivity index (χ4v) is 4.56. The largest absolute Gasteiger partial charge is 0.355 e. The molecule has 2 N–H and O–H groups in total. The molecule has 7 nitrogen and oxygen atoms in total. The Balaban J connectivity index is 1.09. The van der Waals surface area contributed by atoms with E-state index in [0.29, 0.717) is 32.5 Å². The average molecular weight is 450 g/mol. The number of benzene rings is 2. The molecule has 0 aromatic heterocycles. The molecular formula is C26H35N5O2. The Morgan fingerprint density at radius 3 is 2.06 bits per heavy atom. The number of hydrogen-bond donors (Lipinski definition) is 2. The molecule has 2 fully saturated rings. The van der Waals surface area contributed by atoms with Crippen LogP contribution in [0.4, 0.5) is 10.5 Å². The van der Waals surface area contributed by atoms with Crippen molar-refractivity contribution in [3.8, 4) is 0 Å². The molecule has 0 unspecified atom stereocenters. The zero-order valence-electron chi connectivity index (χ0n) is 19.3. The fraction of sp³-hybridized carbons (Fsp3) is 0.462. The molecule has 2 aliphatic heterocycles. The van der Waals surface area contributed by atoms with Crippen LogP contribution in [0.5, 0.6) is 0 Å². The molecule has 2 aromatic rings. The molecule has 3 amide bonds. The summed E-state index contributed by atoms with van der Waals surface area (Å²) >= 11 is 0. The van der Waals surface area contributed by atoms with Crippen LogP contribution < -0.4 is 10.6 Å². The van der Waals surface area contributed by atoms with E-state index in [9.17, 15) is 9.59 Å². The van der Waals surface area contributed by atoms with Gasteiger partial charge in [0, 0.05) is 70.5 Å². The number of hydrogen-bond acceptors (Lipinski definition) is 4. The topological polar surface area (TPSA) is 67.9 Å². The lowest BCUT2D eigenvalue weighted by Gasteiger charge is -2.35. The Labute approximate surface area is 196 Å². The van der Waals surface area contributed by atoms with Crippen LogP contribution in [0.25, 0.3) is 0 Å². The van der Waals surface area contributed by atoms with Crippen molar-refractivity contribution in [2.75, 3.05) is 57.7 Å². The average Bonchev–Trinajstić information content (AvgIpc) is 2.86. The second kappa shape index (κ2) is 11.8. The Kier molecular flexibility index (Phi) is 8.33. The molecule has 4 rings (SSSR count). The highest BCUT2D eigenvalue weighted by Gasteiger charge is 2.27. The van der Waals surface area contributed by atoms with Gasteiger partial charge in [0.1, 0.15) is 0 Å². The van der Waals surface area contributed by atoms with Gasteiger partial charge < -0.3 is 15.5 Å². The maximum atomic E-state index is 12.6. The smallest absolute Gasteiger partial charge is 0.321 e. The number of piperazine rings is 1. The van der Waals surface area contributed by atoms with Crippen molar-refractivity contribution in [1.82, 2.24) is 20.0 Å². The minimum absolute atomic E-state index is 0.00602. The summed E-state index contributed by atoms with van der Waals surface area (Å²) in [6.07, 6.45) is 1.43. The molecule has 0 bridgehead atoms. The van der Waals surface area contributed by atoms with E-state index in [2.05, 4.69) is 50.8 Å². The Bertz CT molecular complexity index is 876. The minimum Gasteiger partial charge on any atom is -0.355 e. The molecule has 2 aliphatic rings. The first-order valence-electron chi connectivity index (χ1n) is 12.0. The first-order chi connectivity index (χ1) is 16.2. The van der Waals surface area contributed by atoms with Gasteiger partial charge in [0.25, 0.3) is 0 Å². The fourth-order valence-electron chi connectivity index (χ4n) is 4.56. The van der Waals surface area contributed by atoms with E-state index in [4.69, 9.17) is 0 Å². The minimum atomic E-state index is -0.0912. The van der Waals surface area contributed by atoms with Crippen molar-refractivity contribution in [3.63, 3.8) is 0 Å². The lowest BCUT2D eigenvalue weighted by atomic mass is 9.96. The van der Waals surface area contributed by atoms with E-state index in [1.807, 2.05) is 30.3 Å². The lowest BCUT2D eigenvalue weighted by molar-refractivity contribution is -0.126. The quantitative estimate of drug-likeness (QED) is 0.682. The number of para-hydroxylation sites is 1. The van der Waals surface area contributed by atoms with Crippen LogP contribution in [0, 0.1) is 5.92 Å². The van der Waals surface area contributed by atoms with Crippen LogP contribution in [0.2, 0.25) is 0 Å². The molecule has 0 saturated carbocycles. The maximum Gasteiger partial charge on any atom is 0.321 e. The first kappa shape index (κ1) is 23.3. The van der Waals surface area contributed by atoms with Crippen molar-refractivity contribution in [3.05, 3.63) is 66.2 Å². The third-order valence-electron chi connectivity index (χ3n) is 6.62. The van der Waals surface area contributed by atoms with Gasteiger partial charge in [-0.1, -0.05) is 48.5 Å². The predicted molar refractivity (Wildman–Crippen MR) is 131 cm³/mol. The predicted octanol–water partition coefficient (Wildman–Crippen LogP) is 2.86. The summed E-state index contributed by atoms with van der Waals surface area (Å²) < 4.78 is 0. The summed E-state index contributed by atoms with van der Waals surface area (Å²) in [5.74, 6) is 0.120. The normalized spacial score (nSPS) is 18.1. The lowest BCUT2D eigenvalue weighted by Crippen LogP contribution is -2.49. The van der Waals surface area contributed by atoms with E-state index in [0.717, 1.165) is 45.0 Å². The summed E-state index contributed by atoms with van der Waals surface area (Å²) in [6, 6.07) is 20.0. The third-order valence-corrected chi connectivity index (χ3v) is 6.62. The summed E-state index contributed by atoms with van der Waals surface area (Å²) in [5.41, 5.74) is 2.16. The second-order valence-electron chi connectivity index (χ2n) is 8.95. The van der Waals surface area contributed by atoms with Crippen LogP contribution in [0.3, 0.4) is 0 Å². The first-order valence-corrected chi connectivity index (χ1v) is 12.0. The van der Waals surface area contributed by atoms with Gasteiger partial charge >= 0.3 is 6.03 Å². The van der Waals surface area contributed by atoms with Crippen LogP contribution >= 0.6 is 0 Å². The summed E-state index contributed by atoms with van der Waals surface area (Å²) in [5, 5.41) is 6.04. The number of carbonyl (C=O) groups is 2. The zero-order valence-corrected chi connectivity index (χ0v) is 19.3. The van der Waals surface area contributed by atoms with Gasteiger partial charge in [0.15, 0.2) is 0 Å².